The average molecular weight is 297 g/mol. The summed E-state index contributed by atoms with van der Waals surface area (Å²) in [6.07, 6.45) is 0. The maximum atomic E-state index is 8.00. The monoisotopic (exact) mass is 297 g/mol. The molecule has 22 heavy (non-hydrogen) atoms. The fourth-order valence-corrected chi connectivity index (χ4v) is 2.73. The molecule has 116 valence electrons. The molecular weight excluding hydrogens is 274 g/mol. The summed E-state index contributed by atoms with van der Waals surface area (Å²) in [4.78, 5) is 12.8. The lowest BCUT2D eigenvalue weighted by Crippen LogP contribution is -2.44. The van der Waals surface area contributed by atoms with E-state index in [2.05, 4.69) is 53.2 Å². The first kappa shape index (κ1) is 16.0. The predicted molar refractivity (Wildman–Crippen MR) is 93.1 cm³/mol. The van der Waals surface area contributed by atoms with E-state index in [1.54, 1.807) is 0 Å². The second-order valence-corrected chi connectivity index (χ2v) is 5.43. The van der Waals surface area contributed by atoms with E-state index in [9.17, 15) is 0 Å². The van der Waals surface area contributed by atoms with Gasteiger partial charge in [0.2, 0.25) is 0 Å². The Balaban J connectivity index is 0.000000847. The minimum Gasteiger partial charge on any atom is -0.399 e. The summed E-state index contributed by atoms with van der Waals surface area (Å²) in [5.41, 5.74) is 10.6. The lowest BCUT2D eigenvalue weighted by atomic mass is 10.0. The van der Waals surface area contributed by atoms with Crippen LogP contribution in [0.1, 0.15) is 0 Å². The third-order valence-corrected chi connectivity index (χ3v) is 3.95. The number of nitrogens with zero attached hydrogens (tertiary/aromatic N) is 2. The van der Waals surface area contributed by atoms with Gasteiger partial charge >= 0.3 is 0 Å². The maximum absolute atomic E-state index is 8.00. The van der Waals surface area contributed by atoms with E-state index in [1.807, 2.05) is 18.9 Å². The molecule has 4 heteroatoms. The number of likely N-dealkylation sites (N-methyl/N-ethyl adjacent to an activating group) is 1. The maximum Gasteiger partial charge on any atom is 0.106 e. The Morgan fingerprint density at radius 2 is 1.59 bits per heavy atom. The molecule has 1 saturated heterocycles. The normalized spacial score (nSPS) is 15.0. The van der Waals surface area contributed by atoms with Crippen molar-refractivity contribution >= 4 is 18.2 Å². The summed E-state index contributed by atoms with van der Waals surface area (Å²) in [6.45, 7) is 6.36. The van der Waals surface area contributed by atoms with E-state index < -0.39 is 0 Å². The number of nitrogens with two attached hydrogens (primary N) is 1. The van der Waals surface area contributed by atoms with Gasteiger partial charge in [0.15, 0.2) is 0 Å². The molecule has 2 N–H and O–H groups in total. The van der Waals surface area contributed by atoms with Gasteiger partial charge in [-0.05, 0) is 30.8 Å². The van der Waals surface area contributed by atoms with E-state index in [0.29, 0.717) is 0 Å². The van der Waals surface area contributed by atoms with Crippen molar-refractivity contribution in [2.24, 2.45) is 0 Å². The van der Waals surface area contributed by atoms with Crippen LogP contribution in [0.3, 0.4) is 0 Å². The van der Waals surface area contributed by atoms with Gasteiger partial charge in [0.1, 0.15) is 6.79 Å². The minimum atomic E-state index is 0.821. The van der Waals surface area contributed by atoms with Crippen LogP contribution < -0.4 is 10.6 Å². The minimum absolute atomic E-state index is 0.821. The third-order valence-electron chi connectivity index (χ3n) is 3.95. The third kappa shape index (κ3) is 3.65. The molecule has 1 fully saturated rings. The molecule has 3 rings (SSSR count). The van der Waals surface area contributed by atoms with Gasteiger partial charge in [0, 0.05) is 43.1 Å². The number of benzene rings is 2. The first-order valence-electron chi connectivity index (χ1n) is 7.41. The molecule has 0 unspecified atom stereocenters. The van der Waals surface area contributed by atoms with Gasteiger partial charge < -0.3 is 20.3 Å². The van der Waals surface area contributed by atoms with Crippen LogP contribution in [-0.2, 0) is 4.79 Å². The average Bonchev–Trinajstić information content (AvgIpc) is 2.58. The van der Waals surface area contributed by atoms with E-state index in [4.69, 9.17) is 10.5 Å². The summed E-state index contributed by atoms with van der Waals surface area (Å²) >= 11 is 0. The van der Waals surface area contributed by atoms with Crippen molar-refractivity contribution in [3.8, 4) is 11.1 Å². The van der Waals surface area contributed by atoms with Crippen LogP contribution in [0.15, 0.2) is 48.5 Å². The van der Waals surface area contributed by atoms with Gasteiger partial charge in [0.05, 0.1) is 0 Å². The lowest BCUT2D eigenvalue weighted by molar-refractivity contribution is -0.0979. The fourth-order valence-electron chi connectivity index (χ4n) is 2.73. The fraction of sp³-hybridized carbons (Fsp3) is 0.278. The highest BCUT2D eigenvalue weighted by atomic mass is 16.1. The first-order chi connectivity index (χ1) is 10.7. The number of hydrogen-bond donors (Lipinski definition) is 1. The highest BCUT2D eigenvalue weighted by Crippen LogP contribution is 2.33. The topological polar surface area (TPSA) is 49.6 Å². The van der Waals surface area contributed by atoms with Crippen molar-refractivity contribution in [2.75, 3.05) is 43.9 Å². The lowest BCUT2D eigenvalue weighted by Gasteiger charge is -2.35. The molecule has 1 heterocycles. The number of carbonyl (C=O) groups excluding carboxylic acids is 1. The molecule has 2 aromatic carbocycles. The van der Waals surface area contributed by atoms with Crippen LogP contribution in [0.4, 0.5) is 11.4 Å². The Kier molecular flexibility index (Phi) is 5.55. The van der Waals surface area contributed by atoms with Crippen molar-refractivity contribution in [1.82, 2.24) is 4.90 Å². The van der Waals surface area contributed by atoms with Gasteiger partial charge in [0.25, 0.3) is 0 Å². The van der Waals surface area contributed by atoms with Crippen molar-refractivity contribution in [1.29, 1.82) is 0 Å². The summed E-state index contributed by atoms with van der Waals surface area (Å²) in [5.74, 6) is 0. The molecule has 0 aromatic heterocycles. The number of hydrogen-bond acceptors (Lipinski definition) is 4. The van der Waals surface area contributed by atoms with E-state index in [0.717, 1.165) is 31.9 Å². The molecular formula is C18H23N3O. The molecule has 4 nitrogen and oxygen atoms in total. The molecule has 1 aliphatic heterocycles. The van der Waals surface area contributed by atoms with E-state index in [-0.39, 0.29) is 0 Å². The Hall–Kier alpha value is -2.33. The smallest absolute Gasteiger partial charge is 0.106 e. The zero-order valence-electron chi connectivity index (χ0n) is 13.0. The summed E-state index contributed by atoms with van der Waals surface area (Å²) < 4.78 is 0. The van der Waals surface area contributed by atoms with E-state index >= 15 is 0 Å². The molecule has 1 aliphatic rings. The van der Waals surface area contributed by atoms with Gasteiger partial charge in [-0.1, -0.05) is 30.3 Å². The summed E-state index contributed by atoms with van der Waals surface area (Å²) in [5, 5.41) is 0. The van der Waals surface area contributed by atoms with Crippen molar-refractivity contribution in [3.63, 3.8) is 0 Å². The number of piperazine rings is 1. The first-order valence-corrected chi connectivity index (χ1v) is 7.41. The van der Waals surface area contributed by atoms with Gasteiger partial charge in [-0.3, -0.25) is 0 Å². The number of nitrogen functional groups attached to an aromatic ring is 1. The van der Waals surface area contributed by atoms with Crippen molar-refractivity contribution < 1.29 is 4.79 Å². The Bertz CT molecular complexity index is 593. The standard InChI is InChI=1S/C17H21N3.CH2O/c1-19-9-11-20(12-10-19)17-8-7-15(18)13-16(17)14-5-3-2-4-6-14;1-2/h2-8,13H,9-12,18H2,1H3;1H2. The quantitative estimate of drug-likeness (QED) is 0.865. The van der Waals surface area contributed by atoms with Crippen molar-refractivity contribution in [2.45, 2.75) is 0 Å². The number of carbonyl (C=O) groups is 1. The Labute approximate surface area is 132 Å². The van der Waals surface area contributed by atoms with Gasteiger partial charge in [-0.15, -0.1) is 0 Å². The highest BCUT2D eigenvalue weighted by Gasteiger charge is 2.17. The highest BCUT2D eigenvalue weighted by molar-refractivity contribution is 5.81. The second kappa shape index (κ2) is 7.61. The molecule has 0 bridgehead atoms. The predicted octanol–water partition coefficient (Wildman–Crippen LogP) is 2.50. The molecule has 0 radical (unpaired) electrons. The molecule has 0 atom stereocenters. The van der Waals surface area contributed by atoms with Crippen LogP contribution >= 0.6 is 0 Å². The Morgan fingerprint density at radius 1 is 0.955 bits per heavy atom. The molecule has 2 aromatic rings. The van der Waals surface area contributed by atoms with Crippen LogP contribution in [0.5, 0.6) is 0 Å². The summed E-state index contributed by atoms with van der Waals surface area (Å²) in [6, 6.07) is 16.7. The van der Waals surface area contributed by atoms with Crippen LogP contribution in [-0.4, -0.2) is 44.9 Å². The van der Waals surface area contributed by atoms with Crippen LogP contribution in [0, 0.1) is 0 Å². The number of anilines is 2. The zero-order chi connectivity index (χ0) is 15.9. The zero-order valence-corrected chi connectivity index (χ0v) is 13.0. The largest absolute Gasteiger partial charge is 0.399 e. The van der Waals surface area contributed by atoms with Crippen LogP contribution in [0.2, 0.25) is 0 Å². The molecule has 0 saturated carbocycles. The SMILES string of the molecule is C=O.CN1CCN(c2ccc(N)cc2-c2ccccc2)CC1. The molecule has 0 aliphatic carbocycles. The van der Waals surface area contributed by atoms with Crippen LogP contribution in [0.25, 0.3) is 11.1 Å². The summed E-state index contributed by atoms with van der Waals surface area (Å²) in [7, 11) is 2.18. The number of rotatable bonds is 2. The van der Waals surface area contributed by atoms with Crippen molar-refractivity contribution in [3.05, 3.63) is 48.5 Å². The van der Waals surface area contributed by atoms with Gasteiger partial charge in [-0.2, -0.15) is 0 Å². The molecule has 0 amide bonds. The molecule has 0 spiro atoms. The second-order valence-electron chi connectivity index (χ2n) is 5.43. The Morgan fingerprint density at radius 3 is 2.23 bits per heavy atom. The van der Waals surface area contributed by atoms with Gasteiger partial charge in [-0.25, -0.2) is 0 Å². The van der Waals surface area contributed by atoms with E-state index in [1.165, 1.54) is 16.8 Å².